The highest BCUT2D eigenvalue weighted by Gasteiger charge is 2.41. The van der Waals surface area contributed by atoms with E-state index in [9.17, 15) is 10.1 Å². The van der Waals surface area contributed by atoms with Gasteiger partial charge in [-0.3, -0.25) is 4.79 Å². The average Bonchev–Trinajstić information content (AvgIpc) is 2.93. The smallest absolute Gasteiger partial charge is 0.241 e. The molecule has 2 heterocycles. The first-order valence-electron chi connectivity index (χ1n) is 5.71. The van der Waals surface area contributed by atoms with E-state index in [0.717, 1.165) is 0 Å². The van der Waals surface area contributed by atoms with Crippen molar-refractivity contribution in [1.29, 1.82) is 5.26 Å². The number of ether oxygens (including phenoxy) is 1. The lowest BCUT2D eigenvalue weighted by Gasteiger charge is -2.30. The third-order valence-electron chi connectivity index (χ3n) is 3.09. The normalized spacial score (nSPS) is 19.8. The zero-order valence-electron chi connectivity index (χ0n) is 10.0. The molecule has 18 heavy (non-hydrogen) atoms. The van der Waals surface area contributed by atoms with Crippen LogP contribution in [0, 0.1) is 16.7 Å². The van der Waals surface area contributed by atoms with Crippen LogP contribution in [0.3, 0.4) is 0 Å². The van der Waals surface area contributed by atoms with Gasteiger partial charge in [0, 0.05) is 13.2 Å². The first-order valence-corrected chi connectivity index (χ1v) is 5.71. The third kappa shape index (κ3) is 2.31. The Morgan fingerprint density at radius 2 is 2.33 bits per heavy atom. The van der Waals surface area contributed by atoms with E-state index in [1.165, 1.54) is 0 Å². The predicted octanol–water partition coefficient (Wildman–Crippen LogP) is -0.303. The topological polar surface area (TPSA) is 117 Å². The molecule has 0 saturated carbocycles. The summed E-state index contributed by atoms with van der Waals surface area (Å²) in [6.07, 6.45) is 0.822. The molecule has 0 aliphatic carbocycles. The molecule has 1 amide bonds. The van der Waals surface area contributed by atoms with Gasteiger partial charge < -0.3 is 10.1 Å². The van der Waals surface area contributed by atoms with Crippen molar-refractivity contribution in [3.8, 4) is 6.07 Å². The Labute approximate surface area is 104 Å². The molecule has 8 heteroatoms. The van der Waals surface area contributed by atoms with E-state index < -0.39 is 5.41 Å². The number of aromatic nitrogens is 4. The number of amides is 1. The van der Waals surface area contributed by atoms with E-state index in [0.29, 0.717) is 31.9 Å². The number of nitrogens with one attached hydrogen (secondary N) is 2. The van der Waals surface area contributed by atoms with Gasteiger partial charge >= 0.3 is 0 Å². The number of hydrogen-bond donors (Lipinski definition) is 2. The maximum absolute atomic E-state index is 12.2. The molecule has 1 atom stereocenters. The van der Waals surface area contributed by atoms with Crippen LogP contribution in [0.2, 0.25) is 0 Å². The SMILES string of the molecule is CC(NC(=O)C1(C#N)CCOCC1)c1nn[nH]n1. The number of carbonyl (C=O) groups excluding carboxylic acids is 1. The van der Waals surface area contributed by atoms with E-state index >= 15 is 0 Å². The molecule has 1 aliphatic heterocycles. The van der Waals surface area contributed by atoms with Crippen LogP contribution >= 0.6 is 0 Å². The summed E-state index contributed by atoms with van der Waals surface area (Å²) in [5.74, 6) is 0.0918. The van der Waals surface area contributed by atoms with Crippen LogP contribution in [0.5, 0.6) is 0 Å². The Bertz CT molecular complexity index is 445. The minimum atomic E-state index is -1.00. The molecule has 1 fully saturated rings. The summed E-state index contributed by atoms with van der Waals surface area (Å²) in [6, 6.07) is 1.73. The molecule has 96 valence electrons. The molecule has 1 unspecified atom stereocenters. The second-order valence-corrected chi connectivity index (χ2v) is 4.27. The van der Waals surface area contributed by atoms with Gasteiger partial charge in [-0.2, -0.15) is 10.5 Å². The first-order chi connectivity index (χ1) is 8.68. The fraction of sp³-hybridized carbons (Fsp3) is 0.700. The minimum Gasteiger partial charge on any atom is -0.381 e. The standard InChI is InChI=1S/C10H14N6O2/c1-7(8-13-15-16-14-8)12-9(17)10(6-11)2-4-18-5-3-10/h7H,2-5H2,1H3,(H,12,17)(H,13,14,15,16). The molecule has 0 radical (unpaired) electrons. The number of rotatable bonds is 3. The van der Waals surface area contributed by atoms with Gasteiger partial charge in [0.2, 0.25) is 5.91 Å². The maximum Gasteiger partial charge on any atom is 0.241 e. The molecule has 2 rings (SSSR count). The van der Waals surface area contributed by atoms with Gasteiger partial charge in [0.15, 0.2) is 5.82 Å². The predicted molar refractivity (Wildman–Crippen MR) is 58.8 cm³/mol. The Morgan fingerprint density at radius 1 is 1.61 bits per heavy atom. The molecule has 1 aromatic rings. The number of tetrazole rings is 1. The molecule has 0 bridgehead atoms. The van der Waals surface area contributed by atoms with Crippen LogP contribution in [0.4, 0.5) is 0 Å². The van der Waals surface area contributed by atoms with Crippen molar-refractivity contribution >= 4 is 5.91 Å². The van der Waals surface area contributed by atoms with Gasteiger partial charge in [0.05, 0.1) is 12.1 Å². The second kappa shape index (κ2) is 5.10. The lowest BCUT2D eigenvalue weighted by Crippen LogP contribution is -2.44. The Kier molecular flexibility index (Phi) is 3.53. The first kappa shape index (κ1) is 12.4. The molecule has 1 aromatic heterocycles. The Hall–Kier alpha value is -2.01. The second-order valence-electron chi connectivity index (χ2n) is 4.27. The molecular weight excluding hydrogens is 236 g/mol. The third-order valence-corrected chi connectivity index (χ3v) is 3.09. The molecule has 1 saturated heterocycles. The van der Waals surface area contributed by atoms with E-state index in [-0.39, 0.29) is 11.9 Å². The van der Waals surface area contributed by atoms with Crippen molar-refractivity contribution < 1.29 is 9.53 Å². The molecule has 8 nitrogen and oxygen atoms in total. The lowest BCUT2D eigenvalue weighted by atomic mass is 9.80. The highest BCUT2D eigenvalue weighted by Crippen LogP contribution is 2.30. The average molecular weight is 250 g/mol. The number of hydrogen-bond acceptors (Lipinski definition) is 6. The molecular formula is C10H14N6O2. The largest absolute Gasteiger partial charge is 0.381 e. The van der Waals surface area contributed by atoms with E-state index in [1.54, 1.807) is 6.92 Å². The van der Waals surface area contributed by atoms with Crippen molar-refractivity contribution in [3.05, 3.63) is 5.82 Å². The number of nitrogens with zero attached hydrogens (tertiary/aromatic N) is 4. The van der Waals surface area contributed by atoms with Crippen molar-refractivity contribution in [1.82, 2.24) is 25.9 Å². The minimum absolute atomic E-state index is 0.300. The Balaban J connectivity index is 2.04. The van der Waals surface area contributed by atoms with Crippen LogP contribution in [-0.4, -0.2) is 39.7 Å². The van der Waals surface area contributed by atoms with Gasteiger partial charge in [-0.15, -0.1) is 10.2 Å². The van der Waals surface area contributed by atoms with E-state index in [4.69, 9.17) is 4.74 Å². The van der Waals surface area contributed by atoms with Crippen molar-refractivity contribution in [3.63, 3.8) is 0 Å². The highest BCUT2D eigenvalue weighted by atomic mass is 16.5. The van der Waals surface area contributed by atoms with Crippen molar-refractivity contribution in [2.24, 2.45) is 5.41 Å². The summed E-state index contributed by atoms with van der Waals surface area (Å²) in [6.45, 7) is 2.60. The monoisotopic (exact) mass is 250 g/mol. The summed E-state index contributed by atoms with van der Waals surface area (Å²) < 4.78 is 5.18. The van der Waals surface area contributed by atoms with Crippen LogP contribution in [0.1, 0.15) is 31.6 Å². The maximum atomic E-state index is 12.2. The molecule has 1 aliphatic rings. The summed E-state index contributed by atoms with van der Waals surface area (Å²) in [5.41, 5.74) is -1.00. The number of aromatic amines is 1. The van der Waals surface area contributed by atoms with Crippen LogP contribution in [-0.2, 0) is 9.53 Å². The lowest BCUT2D eigenvalue weighted by molar-refractivity contribution is -0.133. The quantitative estimate of drug-likeness (QED) is 0.760. The molecule has 0 spiro atoms. The van der Waals surface area contributed by atoms with Gasteiger partial charge in [-0.25, -0.2) is 0 Å². The van der Waals surface area contributed by atoms with Gasteiger partial charge in [-0.1, -0.05) is 5.21 Å². The van der Waals surface area contributed by atoms with Gasteiger partial charge in [0.1, 0.15) is 5.41 Å². The Morgan fingerprint density at radius 3 is 2.89 bits per heavy atom. The number of H-pyrrole nitrogens is 1. The van der Waals surface area contributed by atoms with Gasteiger partial charge in [0.25, 0.3) is 0 Å². The summed E-state index contributed by atoms with van der Waals surface area (Å²) >= 11 is 0. The van der Waals surface area contributed by atoms with E-state index in [1.807, 2.05) is 0 Å². The molecule has 0 aromatic carbocycles. The number of nitriles is 1. The van der Waals surface area contributed by atoms with Crippen LogP contribution in [0.25, 0.3) is 0 Å². The van der Waals surface area contributed by atoms with Crippen molar-refractivity contribution in [2.45, 2.75) is 25.8 Å². The van der Waals surface area contributed by atoms with Crippen LogP contribution in [0.15, 0.2) is 0 Å². The summed E-state index contributed by atoms with van der Waals surface area (Å²) in [4.78, 5) is 12.2. The zero-order chi connectivity index (χ0) is 13.0. The fourth-order valence-electron chi connectivity index (χ4n) is 1.86. The molecule has 2 N–H and O–H groups in total. The zero-order valence-corrected chi connectivity index (χ0v) is 10.0. The highest BCUT2D eigenvalue weighted by molar-refractivity contribution is 5.85. The summed E-state index contributed by atoms with van der Waals surface area (Å²) in [5, 5.41) is 25.3. The number of carbonyl (C=O) groups is 1. The van der Waals surface area contributed by atoms with Crippen LogP contribution < -0.4 is 5.32 Å². The fourth-order valence-corrected chi connectivity index (χ4v) is 1.86. The summed E-state index contributed by atoms with van der Waals surface area (Å²) in [7, 11) is 0. The van der Waals surface area contributed by atoms with Gasteiger partial charge in [-0.05, 0) is 19.8 Å². The van der Waals surface area contributed by atoms with Crippen molar-refractivity contribution in [2.75, 3.05) is 13.2 Å². The van der Waals surface area contributed by atoms with E-state index in [2.05, 4.69) is 32.0 Å².